The van der Waals surface area contributed by atoms with Crippen molar-refractivity contribution in [3.8, 4) is 0 Å². The van der Waals surface area contributed by atoms with E-state index < -0.39 is 6.10 Å². The second-order valence-corrected chi connectivity index (χ2v) is 7.80. The standard InChI is InChI=1S/C20H26N4O3S/c1-28-12-16(17(26)11-25)10-24(8-14-5-3-2-4-6-14)9-15-7-21-19-18(15)22-13-23-20(19)27/h2-7,13,16-17,21,25-26H,8-12H2,1H3,(H,22,23,27)/t16-,17-/m0/s1. The first-order valence-electron chi connectivity index (χ1n) is 9.20. The number of rotatable bonds is 10. The molecule has 3 rings (SSSR count). The third-order valence-electron chi connectivity index (χ3n) is 4.80. The number of aromatic amines is 2. The molecule has 150 valence electrons. The summed E-state index contributed by atoms with van der Waals surface area (Å²) in [6.07, 6.45) is 4.45. The molecule has 4 N–H and O–H groups in total. The number of aliphatic hydroxyl groups excluding tert-OH is 2. The van der Waals surface area contributed by atoms with Crippen LogP contribution in [0.4, 0.5) is 0 Å². The molecule has 7 nitrogen and oxygen atoms in total. The topological polar surface area (TPSA) is 105 Å². The monoisotopic (exact) mass is 402 g/mol. The number of nitrogens with zero attached hydrogens (tertiary/aromatic N) is 2. The van der Waals surface area contributed by atoms with Crippen molar-refractivity contribution >= 4 is 22.8 Å². The van der Waals surface area contributed by atoms with Gasteiger partial charge in [-0.1, -0.05) is 30.3 Å². The lowest BCUT2D eigenvalue weighted by molar-refractivity contribution is 0.0374. The Balaban J connectivity index is 1.86. The van der Waals surface area contributed by atoms with Crippen molar-refractivity contribution in [2.45, 2.75) is 19.2 Å². The van der Waals surface area contributed by atoms with Gasteiger partial charge in [0.05, 0.1) is 24.6 Å². The van der Waals surface area contributed by atoms with Crippen LogP contribution in [-0.4, -0.2) is 61.3 Å². The van der Waals surface area contributed by atoms with Crippen molar-refractivity contribution < 1.29 is 10.2 Å². The van der Waals surface area contributed by atoms with Crippen LogP contribution in [0.15, 0.2) is 47.7 Å². The minimum absolute atomic E-state index is 0.0646. The number of hydrogen-bond acceptors (Lipinski definition) is 6. The summed E-state index contributed by atoms with van der Waals surface area (Å²) >= 11 is 1.65. The van der Waals surface area contributed by atoms with Crippen molar-refractivity contribution in [1.82, 2.24) is 19.9 Å². The minimum Gasteiger partial charge on any atom is -0.394 e. The molecule has 0 radical (unpaired) electrons. The van der Waals surface area contributed by atoms with E-state index in [-0.39, 0.29) is 18.1 Å². The van der Waals surface area contributed by atoms with Crippen LogP contribution >= 0.6 is 11.8 Å². The van der Waals surface area contributed by atoms with Gasteiger partial charge in [0, 0.05) is 37.3 Å². The third-order valence-corrected chi connectivity index (χ3v) is 5.56. The number of benzene rings is 1. The van der Waals surface area contributed by atoms with E-state index in [2.05, 4.69) is 32.0 Å². The van der Waals surface area contributed by atoms with Gasteiger partial charge in [0.15, 0.2) is 0 Å². The first kappa shape index (κ1) is 20.6. The Morgan fingerprint density at radius 3 is 2.71 bits per heavy atom. The summed E-state index contributed by atoms with van der Waals surface area (Å²) in [4.78, 5) is 24.1. The molecule has 2 heterocycles. The molecule has 2 aromatic heterocycles. The summed E-state index contributed by atoms with van der Waals surface area (Å²) in [7, 11) is 0. The van der Waals surface area contributed by atoms with Crippen LogP contribution < -0.4 is 5.56 Å². The maximum Gasteiger partial charge on any atom is 0.275 e. The van der Waals surface area contributed by atoms with E-state index in [4.69, 9.17) is 0 Å². The van der Waals surface area contributed by atoms with E-state index in [0.29, 0.717) is 30.7 Å². The van der Waals surface area contributed by atoms with E-state index in [0.717, 1.165) is 16.9 Å². The molecule has 2 atom stereocenters. The van der Waals surface area contributed by atoms with Crippen LogP contribution in [0.1, 0.15) is 11.1 Å². The minimum atomic E-state index is -0.769. The fourth-order valence-corrected chi connectivity index (χ4v) is 4.13. The van der Waals surface area contributed by atoms with Crippen LogP contribution in [0.25, 0.3) is 11.0 Å². The lowest BCUT2D eigenvalue weighted by Crippen LogP contribution is -2.37. The Morgan fingerprint density at radius 1 is 1.21 bits per heavy atom. The third kappa shape index (κ3) is 5.02. The first-order valence-corrected chi connectivity index (χ1v) is 10.6. The highest BCUT2D eigenvalue weighted by Gasteiger charge is 2.22. The number of H-pyrrole nitrogens is 2. The van der Waals surface area contributed by atoms with E-state index in [1.807, 2.05) is 30.7 Å². The molecular formula is C20H26N4O3S. The zero-order valence-corrected chi connectivity index (χ0v) is 16.7. The largest absolute Gasteiger partial charge is 0.394 e. The number of hydrogen-bond donors (Lipinski definition) is 4. The van der Waals surface area contributed by atoms with Crippen molar-refractivity contribution in [1.29, 1.82) is 0 Å². The van der Waals surface area contributed by atoms with Gasteiger partial charge in [0.25, 0.3) is 5.56 Å². The molecule has 1 aromatic carbocycles. The van der Waals surface area contributed by atoms with Crippen molar-refractivity contribution in [3.63, 3.8) is 0 Å². The zero-order valence-electron chi connectivity index (χ0n) is 15.8. The van der Waals surface area contributed by atoms with Crippen molar-refractivity contribution in [2.75, 3.05) is 25.2 Å². The average Bonchev–Trinajstić information content (AvgIpc) is 3.12. The van der Waals surface area contributed by atoms with E-state index in [1.54, 1.807) is 11.8 Å². The lowest BCUT2D eigenvalue weighted by Gasteiger charge is -2.29. The average molecular weight is 403 g/mol. The quantitative estimate of drug-likeness (QED) is 0.410. The van der Waals surface area contributed by atoms with Crippen LogP contribution in [0.5, 0.6) is 0 Å². The molecular weight excluding hydrogens is 376 g/mol. The molecule has 0 spiro atoms. The molecule has 0 aliphatic rings. The molecule has 0 bridgehead atoms. The molecule has 8 heteroatoms. The van der Waals surface area contributed by atoms with Crippen LogP contribution in [0, 0.1) is 5.92 Å². The fourth-order valence-electron chi connectivity index (χ4n) is 3.37. The molecule has 0 saturated heterocycles. The summed E-state index contributed by atoms with van der Waals surface area (Å²) < 4.78 is 0. The van der Waals surface area contributed by atoms with Gasteiger partial charge in [0.2, 0.25) is 0 Å². The molecule has 0 unspecified atom stereocenters. The van der Waals surface area contributed by atoms with E-state index in [9.17, 15) is 15.0 Å². The van der Waals surface area contributed by atoms with E-state index in [1.165, 1.54) is 6.33 Å². The molecule has 0 amide bonds. The van der Waals surface area contributed by atoms with Gasteiger partial charge in [0.1, 0.15) is 5.52 Å². The zero-order chi connectivity index (χ0) is 19.9. The number of aromatic nitrogens is 3. The number of fused-ring (bicyclic) bond motifs is 1. The lowest BCUT2D eigenvalue weighted by atomic mass is 10.0. The Kier molecular flexibility index (Phi) is 7.27. The van der Waals surface area contributed by atoms with Crippen molar-refractivity contribution in [2.24, 2.45) is 5.92 Å². The summed E-state index contributed by atoms with van der Waals surface area (Å²) in [5.41, 5.74) is 3.02. The van der Waals surface area contributed by atoms with Crippen LogP contribution in [-0.2, 0) is 13.1 Å². The predicted octanol–water partition coefficient (Wildman–Crippen LogP) is 1.59. The smallest absolute Gasteiger partial charge is 0.275 e. The summed E-state index contributed by atoms with van der Waals surface area (Å²) in [5.74, 6) is 0.684. The summed E-state index contributed by atoms with van der Waals surface area (Å²) in [5, 5.41) is 19.7. The van der Waals surface area contributed by atoms with Gasteiger partial charge in [-0.15, -0.1) is 0 Å². The Labute approximate surface area is 167 Å². The van der Waals surface area contributed by atoms with Crippen molar-refractivity contribution in [3.05, 3.63) is 64.3 Å². The Hall–Kier alpha value is -2.13. The predicted molar refractivity (Wildman–Crippen MR) is 112 cm³/mol. The molecule has 3 aromatic rings. The molecule has 0 saturated carbocycles. The molecule has 0 fully saturated rings. The molecule has 0 aliphatic heterocycles. The SMILES string of the molecule is CSC[C@H](CN(Cc1ccccc1)Cc1c[nH]c2c(=O)[nH]cnc12)[C@@H](O)CO. The van der Waals surface area contributed by atoms with Gasteiger partial charge in [-0.05, 0) is 17.6 Å². The Morgan fingerprint density at radius 2 is 2.00 bits per heavy atom. The highest BCUT2D eigenvalue weighted by molar-refractivity contribution is 7.98. The fraction of sp³-hybridized carbons (Fsp3) is 0.400. The van der Waals surface area contributed by atoms with Gasteiger partial charge in [-0.2, -0.15) is 11.8 Å². The second kappa shape index (κ2) is 9.88. The normalized spacial score (nSPS) is 13.9. The second-order valence-electron chi connectivity index (χ2n) is 6.89. The maximum atomic E-state index is 12.0. The van der Waals surface area contributed by atoms with Gasteiger partial charge in [-0.3, -0.25) is 9.69 Å². The number of thioether (sulfide) groups is 1. The Bertz CT molecular complexity index is 928. The van der Waals surface area contributed by atoms with Gasteiger partial charge >= 0.3 is 0 Å². The van der Waals surface area contributed by atoms with E-state index >= 15 is 0 Å². The van der Waals surface area contributed by atoms with Crippen LogP contribution in [0.2, 0.25) is 0 Å². The number of nitrogens with one attached hydrogen (secondary N) is 2. The van der Waals surface area contributed by atoms with Crippen LogP contribution in [0.3, 0.4) is 0 Å². The first-order chi connectivity index (χ1) is 13.6. The maximum absolute atomic E-state index is 12.0. The highest BCUT2D eigenvalue weighted by atomic mass is 32.2. The van der Waals surface area contributed by atoms with Gasteiger partial charge in [-0.25, -0.2) is 4.98 Å². The molecule has 28 heavy (non-hydrogen) atoms. The highest BCUT2D eigenvalue weighted by Crippen LogP contribution is 2.20. The number of aliphatic hydroxyl groups is 2. The molecule has 0 aliphatic carbocycles. The summed E-state index contributed by atoms with van der Waals surface area (Å²) in [6.45, 7) is 1.63. The summed E-state index contributed by atoms with van der Waals surface area (Å²) in [6, 6.07) is 10.1. The van der Waals surface area contributed by atoms with Gasteiger partial charge < -0.3 is 20.2 Å².